The van der Waals surface area contributed by atoms with Gasteiger partial charge in [0.25, 0.3) is 0 Å². The molecule has 23 heavy (non-hydrogen) atoms. The minimum atomic E-state index is 0.444. The number of hydrogen-bond donors (Lipinski definition) is 0. The topological polar surface area (TPSA) is 27.7 Å². The average molecular weight is 314 g/mol. The van der Waals surface area contributed by atoms with Gasteiger partial charge in [-0.15, -0.1) is 0 Å². The SMILES string of the molecule is CC(C)COc1cccc(OCC(C)C)c1Oc1ccccc1. The van der Waals surface area contributed by atoms with E-state index in [0.29, 0.717) is 42.3 Å². The molecule has 2 aromatic rings. The largest absolute Gasteiger partial charge is 0.489 e. The van der Waals surface area contributed by atoms with E-state index >= 15 is 0 Å². The van der Waals surface area contributed by atoms with Crippen molar-refractivity contribution in [2.75, 3.05) is 13.2 Å². The molecule has 0 aliphatic rings. The van der Waals surface area contributed by atoms with Crippen LogP contribution in [0.15, 0.2) is 48.5 Å². The molecule has 124 valence electrons. The van der Waals surface area contributed by atoms with E-state index < -0.39 is 0 Å². The maximum atomic E-state index is 6.06. The maximum absolute atomic E-state index is 6.06. The zero-order valence-corrected chi connectivity index (χ0v) is 14.4. The normalized spacial score (nSPS) is 10.9. The van der Waals surface area contributed by atoms with Crippen molar-refractivity contribution in [1.29, 1.82) is 0 Å². The highest BCUT2D eigenvalue weighted by molar-refractivity contribution is 5.53. The summed E-state index contributed by atoms with van der Waals surface area (Å²) in [6, 6.07) is 15.5. The molecule has 2 rings (SSSR count). The molecule has 0 radical (unpaired) electrons. The molecule has 0 aromatic heterocycles. The lowest BCUT2D eigenvalue weighted by Gasteiger charge is -2.18. The Hall–Kier alpha value is -2.16. The molecule has 0 atom stereocenters. The van der Waals surface area contributed by atoms with Crippen molar-refractivity contribution >= 4 is 0 Å². The van der Waals surface area contributed by atoms with Crippen LogP contribution in [0.5, 0.6) is 23.0 Å². The average Bonchev–Trinajstić information content (AvgIpc) is 2.53. The fraction of sp³-hybridized carbons (Fsp3) is 0.400. The van der Waals surface area contributed by atoms with E-state index in [1.165, 1.54) is 0 Å². The summed E-state index contributed by atoms with van der Waals surface area (Å²) in [6.07, 6.45) is 0. The summed E-state index contributed by atoms with van der Waals surface area (Å²) in [6.45, 7) is 9.76. The molecule has 0 saturated carbocycles. The van der Waals surface area contributed by atoms with E-state index in [2.05, 4.69) is 27.7 Å². The van der Waals surface area contributed by atoms with Gasteiger partial charge in [-0.05, 0) is 36.1 Å². The lowest BCUT2D eigenvalue weighted by Crippen LogP contribution is -2.08. The summed E-state index contributed by atoms with van der Waals surface area (Å²) in [5, 5.41) is 0. The summed E-state index contributed by atoms with van der Waals surface area (Å²) in [4.78, 5) is 0. The molecule has 2 aromatic carbocycles. The van der Waals surface area contributed by atoms with E-state index in [-0.39, 0.29) is 0 Å². The third-order valence-corrected chi connectivity index (χ3v) is 3.05. The summed E-state index contributed by atoms with van der Waals surface area (Å²) in [5.74, 6) is 3.72. The van der Waals surface area contributed by atoms with E-state index in [9.17, 15) is 0 Å². The Kier molecular flexibility index (Phi) is 6.33. The quantitative estimate of drug-likeness (QED) is 0.639. The molecule has 0 aliphatic carbocycles. The number of benzene rings is 2. The summed E-state index contributed by atoms with van der Waals surface area (Å²) >= 11 is 0. The number of ether oxygens (including phenoxy) is 3. The predicted octanol–water partition coefficient (Wildman–Crippen LogP) is 5.55. The molecule has 0 bridgehead atoms. The van der Waals surface area contributed by atoms with E-state index in [0.717, 1.165) is 5.75 Å². The van der Waals surface area contributed by atoms with Crippen LogP contribution in [0.25, 0.3) is 0 Å². The van der Waals surface area contributed by atoms with Crippen molar-refractivity contribution in [2.45, 2.75) is 27.7 Å². The van der Waals surface area contributed by atoms with Crippen LogP contribution in [0.4, 0.5) is 0 Å². The molecule has 0 amide bonds. The third kappa shape index (κ3) is 5.51. The second kappa shape index (κ2) is 8.47. The molecule has 0 spiro atoms. The second-order valence-electron chi connectivity index (χ2n) is 6.41. The van der Waals surface area contributed by atoms with Crippen LogP contribution >= 0.6 is 0 Å². The van der Waals surface area contributed by atoms with Gasteiger partial charge >= 0.3 is 0 Å². The first-order valence-corrected chi connectivity index (χ1v) is 8.17. The third-order valence-electron chi connectivity index (χ3n) is 3.05. The molecule has 3 heteroatoms. The number of rotatable bonds is 8. The highest BCUT2D eigenvalue weighted by Gasteiger charge is 2.15. The molecule has 0 saturated heterocycles. The lowest BCUT2D eigenvalue weighted by molar-refractivity contribution is 0.241. The maximum Gasteiger partial charge on any atom is 0.211 e. The highest BCUT2D eigenvalue weighted by Crippen LogP contribution is 2.40. The van der Waals surface area contributed by atoms with E-state index in [1.807, 2.05) is 48.5 Å². The molecule has 0 aliphatic heterocycles. The standard InChI is InChI=1S/C20H26O3/c1-15(2)13-21-18-11-8-12-19(22-14-16(3)4)20(18)23-17-9-6-5-7-10-17/h5-12,15-16H,13-14H2,1-4H3. The van der Waals surface area contributed by atoms with Gasteiger partial charge in [-0.1, -0.05) is 52.0 Å². The van der Waals surface area contributed by atoms with Crippen LogP contribution in [-0.2, 0) is 0 Å². The number of para-hydroxylation sites is 2. The fourth-order valence-electron chi connectivity index (χ4n) is 1.94. The van der Waals surface area contributed by atoms with Crippen molar-refractivity contribution < 1.29 is 14.2 Å². The van der Waals surface area contributed by atoms with Gasteiger partial charge in [-0.2, -0.15) is 0 Å². The Morgan fingerprint density at radius 2 is 1.22 bits per heavy atom. The fourth-order valence-corrected chi connectivity index (χ4v) is 1.94. The summed E-state index contributed by atoms with van der Waals surface area (Å²) in [7, 11) is 0. The van der Waals surface area contributed by atoms with Crippen LogP contribution in [-0.4, -0.2) is 13.2 Å². The Morgan fingerprint density at radius 3 is 1.70 bits per heavy atom. The molecular formula is C20H26O3. The monoisotopic (exact) mass is 314 g/mol. The minimum Gasteiger partial charge on any atom is -0.489 e. The smallest absolute Gasteiger partial charge is 0.211 e. The molecule has 3 nitrogen and oxygen atoms in total. The van der Waals surface area contributed by atoms with Gasteiger partial charge in [0.15, 0.2) is 11.5 Å². The van der Waals surface area contributed by atoms with Crippen LogP contribution in [0.2, 0.25) is 0 Å². The Labute approximate surface area is 139 Å². The van der Waals surface area contributed by atoms with Crippen molar-refractivity contribution in [2.24, 2.45) is 11.8 Å². The van der Waals surface area contributed by atoms with Crippen molar-refractivity contribution in [3.05, 3.63) is 48.5 Å². The van der Waals surface area contributed by atoms with Gasteiger partial charge in [-0.25, -0.2) is 0 Å². The second-order valence-corrected chi connectivity index (χ2v) is 6.41. The van der Waals surface area contributed by atoms with Gasteiger partial charge in [-0.3, -0.25) is 0 Å². The summed E-state index contributed by atoms with van der Waals surface area (Å²) < 4.78 is 17.9. The molecule has 0 fully saturated rings. The molecule has 0 heterocycles. The first kappa shape index (κ1) is 17.2. The van der Waals surface area contributed by atoms with Crippen molar-refractivity contribution in [3.63, 3.8) is 0 Å². The molecular weight excluding hydrogens is 288 g/mol. The predicted molar refractivity (Wildman–Crippen MR) is 93.6 cm³/mol. The Morgan fingerprint density at radius 1 is 0.696 bits per heavy atom. The Balaban J connectivity index is 2.27. The first-order chi connectivity index (χ1) is 11.1. The zero-order chi connectivity index (χ0) is 16.7. The van der Waals surface area contributed by atoms with Gasteiger partial charge < -0.3 is 14.2 Å². The lowest BCUT2D eigenvalue weighted by atomic mass is 10.2. The summed E-state index contributed by atoms with van der Waals surface area (Å²) in [5.41, 5.74) is 0. The van der Waals surface area contributed by atoms with E-state index in [4.69, 9.17) is 14.2 Å². The van der Waals surface area contributed by atoms with Crippen molar-refractivity contribution in [3.8, 4) is 23.0 Å². The number of hydrogen-bond acceptors (Lipinski definition) is 3. The van der Waals surface area contributed by atoms with E-state index in [1.54, 1.807) is 0 Å². The minimum absolute atomic E-state index is 0.444. The molecule has 0 N–H and O–H groups in total. The first-order valence-electron chi connectivity index (χ1n) is 8.17. The van der Waals surface area contributed by atoms with Crippen LogP contribution < -0.4 is 14.2 Å². The van der Waals surface area contributed by atoms with Crippen LogP contribution in [0, 0.1) is 11.8 Å². The van der Waals surface area contributed by atoms with Gasteiger partial charge in [0, 0.05) is 0 Å². The molecule has 0 unspecified atom stereocenters. The van der Waals surface area contributed by atoms with Gasteiger partial charge in [0.2, 0.25) is 5.75 Å². The Bertz CT molecular complexity index is 561. The highest BCUT2D eigenvalue weighted by atomic mass is 16.5. The van der Waals surface area contributed by atoms with Gasteiger partial charge in [0.1, 0.15) is 5.75 Å². The van der Waals surface area contributed by atoms with Crippen molar-refractivity contribution in [1.82, 2.24) is 0 Å². The van der Waals surface area contributed by atoms with Crippen LogP contribution in [0.3, 0.4) is 0 Å². The van der Waals surface area contributed by atoms with Gasteiger partial charge in [0.05, 0.1) is 13.2 Å². The van der Waals surface area contributed by atoms with Crippen LogP contribution in [0.1, 0.15) is 27.7 Å². The zero-order valence-electron chi connectivity index (χ0n) is 14.4.